The number of hydrogen-bond acceptors (Lipinski definition) is 3. The first kappa shape index (κ1) is 12.7. The van der Waals surface area contributed by atoms with E-state index in [-0.39, 0.29) is 0 Å². The second-order valence-corrected chi connectivity index (χ2v) is 3.80. The zero-order chi connectivity index (χ0) is 11.6. The molecule has 16 heavy (non-hydrogen) atoms. The second-order valence-electron chi connectivity index (χ2n) is 3.80. The van der Waals surface area contributed by atoms with Crippen molar-refractivity contribution in [2.75, 3.05) is 20.2 Å². The number of rotatable bonds is 3. The number of likely N-dealkylation sites (tertiary alicyclic amines) is 1. The lowest BCUT2D eigenvalue weighted by molar-refractivity contribution is -0.126. The van der Waals surface area contributed by atoms with Gasteiger partial charge in [0.1, 0.15) is 0 Å². The quantitative estimate of drug-likeness (QED) is 0.732. The summed E-state index contributed by atoms with van der Waals surface area (Å²) in [6, 6.07) is 10.7. The SMILES string of the molecule is COC=O.c1ccc(CN2CCCC2)cc1. The molecular formula is C13H19NO2. The number of ether oxygens (including phenoxy) is 1. The van der Waals surface area contributed by atoms with E-state index in [9.17, 15) is 0 Å². The van der Waals surface area contributed by atoms with Crippen LogP contribution in [0.15, 0.2) is 30.3 Å². The first-order valence-corrected chi connectivity index (χ1v) is 5.59. The Labute approximate surface area is 97.0 Å². The van der Waals surface area contributed by atoms with Gasteiger partial charge in [0.2, 0.25) is 0 Å². The van der Waals surface area contributed by atoms with Gasteiger partial charge in [-0.1, -0.05) is 30.3 Å². The largest absolute Gasteiger partial charge is 0.471 e. The van der Waals surface area contributed by atoms with Crippen LogP contribution in [0.3, 0.4) is 0 Å². The highest BCUT2D eigenvalue weighted by molar-refractivity contribution is 5.36. The maximum atomic E-state index is 8.95. The van der Waals surface area contributed by atoms with Crippen molar-refractivity contribution in [1.82, 2.24) is 4.90 Å². The normalized spacial score (nSPS) is 15.1. The molecule has 1 heterocycles. The van der Waals surface area contributed by atoms with Gasteiger partial charge < -0.3 is 4.74 Å². The van der Waals surface area contributed by atoms with Gasteiger partial charge in [-0.25, -0.2) is 0 Å². The molecule has 0 N–H and O–H groups in total. The van der Waals surface area contributed by atoms with Crippen molar-refractivity contribution in [1.29, 1.82) is 0 Å². The lowest BCUT2D eigenvalue weighted by Gasteiger charge is -2.13. The number of nitrogens with zero attached hydrogens (tertiary/aromatic N) is 1. The third-order valence-corrected chi connectivity index (χ3v) is 2.54. The lowest BCUT2D eigenvalue weighted by Crippen LogP contribution is -2.18. The van der Waals surface area contributed by atoms with Gasteiger partial charge in [0.25, 0.3) is 6.47 Å². The first-order valence-electron chi connectivity index (χ1n) is 5.59. The van der Waals surface area contributed by atoms with Crippen molar-refractivity contribution in [3.63, 3.8) is 0 Å². The molecule has 1 saturated heterocycles. The monoisotopic (exact) mass is 221 g/mol. The highest BCUT2D eigenvalue weighted by atomic mass is 16.5. The van der Waals surface area contributed by atoms with E-state index in [2.05, 4.69) is 40.0 Å². The van der Waals surface area contributed by atoms with E-state index in [1.54, 1.807) is 0 Å². The molecule has 1 aliphatic heterocycles. The zero-order valence-electron chi connectivity index (χ0n) is 9.76. The summed E-state index contributed by atoms with van der Waals surface area (Å²) in [7, 11) is 1.31. The Morgan fingerprint density at radius 3 is 2.31 bits per heavy atom. The summed E-state index contributed by atoms with van der Waals surface area (Å²) >= 11 is 0. The van der Waals surface area contributed by atoms with Crippen molar-refractivity contribution in [2.24, 2.45) is 0 Å². The zero-order valence-corrected chi connectivity index (χ0v) is 9.76. The minimum absolute atomic E-state index is 0.375. The fourth-order valence-electron chi connectivity index (χ4n) is 1.78. The van der Waals surface area contributed by atoms with Crippen LogP contribution in [0.1, 0.15) is 18.4 Å². The first-order chi connectivity index (χ1) is 7.86. The van der Waals surface area contributed by atoms with Crippen LogP contribution in [-0.4, -0.2) is 31.6 Å². The van der Waals surface area contributed by atoms with Crippen LogP contribution >= 0.6 is 0 Å². The molecule has 0 atom stereocenters. The smallest absolute Gasteiger partial charge is 0.292 e. The summed E-state index contributed by atoms with van der Waals surface area (Å²) in [4.78, 5) is 11.5. The maximum absolute atomic E-state index is 8.95. The fourth-order valence-corrected chi connectivity index (χ4v) is 1.78. The Balaban J connectivity index is 0.000000280. The average molecular weight is 221 g/mol. The molecule has 0 radical (unpaired) electrons. The van der Waals surface area contributed by atoms with E-state index in [0.29, 0.717) is 6.47 Å². The third kappa shape index (κ3) is 4.94. The molecule has 1 aromatic carbocycles. The van der Waals surface area contributed by atoms with Gasteiger partial charge in [0, 0.05) is 6.54 Å². The van der Waals surface area contributed by atoms with Crippen molar-refractivity contribution in [3.05, 3.63) is 35.9 Å². The molecule has 1 aromatic rings. The predicted molar refractivity (Wildman–Crippen MR) is 64.0 cm³/mol. The number of benzene rings is 1. The van der Waals surface area contributed by atoms with Gasteiger partial charge >= 0.3 is 0 Å². The molecular weight excluding hydrogens is 202 g/mol. The van der Waals surface area contributed by atoms with E-state index in [0.717, 1.165) is 6.54 Å². The molecule has 3 nitrogen and oxygen atoms in total. The van der Waals surface area contributed by atoms with Gasteiger partial charge in [-0.2, -0.15) is 0 Å². The summed E-state index contributed by atoms with van der Waals surface area (Å²) in [6.07, 6.45) is 2.76. The Hall–Kier alpha value is -1.35. The van der Waals surface area contributed by atoms with E-state index < -0.39 is 0 Å². The minimum Gasteiger partial charge on any atom is -0.471 e. The molecule has 0 amide bonds. The van der Waals surface area contributed by atoms with Crippen LogP contribution in [0.4, 0.5) is 0 Å². The number of hydrogen-bond donors (Lipinski definition) is 0. The van der Waals surface area contributed by atoms with E-state index in [1.165, 1.54) is 38.6 Å². The Morgan fingerprint density at radius 2 is 1.81 bits per heavy atom. The summed E-state index contributed by atoms with van der Waals surface area (Å²) in [5, 5.41) is 0. The topological polar surface area (TPSA) is 29.5 Å². The van der Waals surface area contributed by atoms with Crippen LogP contribution < -0.4 is 0 Å². The summed E-state index contributed by atoms with van der Waals surface area (Å²) in [5.41, 5.74) is 1.44. The third-order valence-electron chi connectivity index (χ3n) is 2.54. The van der Waals surface area contributed by atoms with Crippen molar-refractivity contribution < 1.29 is 9.53 Å². The van der Waals surface area contributed by atoms with Crippen LogP contribution in [0.2, 0.25) is 0 Å². The molecule has 0 aliphatic carbocycles. The maximum Gasteiger partial charge on any atom is 0.292 e. The highest BCUT2D eigenvalue weighted by Gasteiger charge is 2.10. The number of methoxy groups -OCH3 is 1. The van der Waals surface area contributed by atoms with Crippen LogP contribution in [0, 0.1) is 0 Å². The van der Waals surface area contributed by atoms with E-state index >= 15 is 0 Å². The second kappa shape index (κ2) is 7.88. The van der Waals surface area contributed by atoms with E-state index in [1.807, 2.05) is 0 Å². The summed E-state index contributed by atoms with van der Waals surface area (Å²) < 4.78 is 3.86. The Kier molecular flexibility index (Phi) is 6.26. The average Bonchev–Trinajstić information content (AvgIpc) is 2.84. The summed E-state index contributed by atoms with van der Waals surface area (Å²) in [5.74, 6) is 0. The Morgan fingerprint density at radius 1 is 1.25 bits per heavy atom. The fraction of sp³-hybridized carbons (Fsp3) is 0.462. The lowest BCUT2D eigenvalue weighted by atomic mass is 10.2. The molecule has 2 rings (SSSR count). The molecule has 88 valence electrons. The summed E-state index contributed by atoms with van der Waals surface area (Å²) in [6.45, 7) is 4.09. The molecule has 0 unspecified atom stereocenters. The molecule has 0 bridgehead atoms. The highest BCUT2D eigenvalue weighted by Crippen LogP contribution is 2.11. The van der Waals surface area contributed by atoms with Crippen LogP contribution in [0.5, 0.6) is 0 Å². The minimum atomic E-state index is 0.375. The van der Waals surface area contributed by atoms with Gasteiger partial charge in [0.15, 0.2) is 0 Å². The molecule has 0 saturated carbocycles. The standard InChI is InChI=1S/C11H15N.C2H4O2/c1-2-6-11(7-3-1)10-12-8-4-5-9-12;1-4-2-3/h1-3,6-7H,4-5,8-10H2;2H,1H3. The molecule has 1 aliphatic rings. The van der Waals surface area contributed by atoms with Crippen molar-refractivity contribution >= 4 is 6.47 Å². The molecule has 3 heteroatoms. The van der Waals surface area contributed by atoms with Crippen molar-refractivity contribution in [3.8, 4) is 0 Å². The number of carbonyl (C=O) groups is 1. The van der Waals surface area contributed by atoms with Crippen LogP contribution in [0.25, 0.3) is 0 Å². The van der Waals surface area contributed by atoms with Crippen molar-refractivity contribution in [2.45, 2.75) is 19.4 Å². The molecule has 0 spiro atoms. The van der Waals surface area contributed by atoms with Gasteiger partial charge in [-0.05, 0) is 31.5 Å². The van der Waals surface area contributed by atoms with Crippen LogP contribution in [-0.2, 0) is 16.1 Å². The Bertz CT molecular complexity index is 281. The van der Waals surface area contributed by atoms with Gasteiger partial charge in [0.05, 0.1) is 7.11 Å². The van der Waals surface area contributed by atoms with Gasteiger partial charge in [-0.15, -0.1) is 0 Å². The van der Waals surface area contributed by atoms with Gasteiger partial charge in [-0.3, -0.25) is 9.69 Å². The number of carbonyl (C=O) groups excluding carboxylic acids is 1. The predicted octanol–water partition coefficient (Wildman–Crippen LogP) is 2.07. The van der Waals surface area contributed by atoms with E-state index in [4.69, 9.17) is 4.79 Å². The molecule has 0 aromatic heterocycles. The molecule has 1 fully saturated rings.